The van der Waals surface area contributed by atoms with Gasteiger partial charge in [-0.15, -0.1) is 0 Å². The van der Waals surface area contributed by atoms with Crippen molar-refractivity contribution in [2.24, 2.45) is 0 Å². The van der Waals surface area contributed by atoms with Crippen LogP contribution in [0.2, 0.25) is 0 Å². The number of benzene rings is 1. The largest absolute Gasteiger partial charge is 0.410 e. The van der Waals surface area contributed by atoms with Crippen molar-refractivity contribution in [1.29, 1.82) is 0 Å². The van der Waals surface area contributed by atoms with E-state index in [9.17, 15) is 13.2 Å². The van der Waals surface area contributed by atoms with Crippen molar-refractivity contribution in [1.82, 2.24) is 8.99 Å². The number of nitrogens with zero attached hydrogens (tertiary/aromatic N) is 2. The topological polar surface area (TPSA) is 8.17 Å². The summed E-state index contributed by atoms with van der Waals surface area (Å²) in [6.07, 6.45) is -4.30. The van der Waals surface area contributed by atoms with E-state index in [1.54, 1.807) is 18.2 Å². The Morgan fingerprint density at radius 1 is 1.22 bits per heavy atom. The molecule has 0 fully saturated rings. The zero-order valence-electron chi connectivity index (χ0n) is 9.28. The highest BCUT2D eigenvalue weighted by Crippen LogP contribution is 2.39. The highest BCUT2D eigenvalue weighted by Gasteiger charge is 2.45. The summed E-state index contributed by atoms with van der Waals surface area (Å²) in [4.78, 5) is 0. The zero-order valence-corrected chi connectivity index (χ0v) is 10.0. The number of halogens is 4. The first-order valence-corrected chi connectivity index (χ1v) is 5.87. The van der Waals surface area contributed by atoms with Gasteiger partial charge in [-0.05, 0) is 29.3 Å². The molecule has 1 aliphatic rings. The van der Waals surface area contributed by atoms with Crippen LogP contribution in [-0.4, -0.2) is 21.7 Å². The smallest absolute Gasteiger partial charge is 0.330 e. The van der Waals surface area contributed by atoms with E-state index in [1.807, 2.05) is 12.1 Å². The molecule has 1 aromatic carbocycles. The standard InChI is InChI=1S/C12H10ClF3N2/c13-17-6-9-5-8-3-1-2-4-10(8)18(9)11(7-17)12(14,15)16/h1-5,11H,6-7H2. The molecule has 1 aromatic heterocycles. The average molecular weight is 275 g/mol. The molecule has 0 radical (unpaired) electrons. The minimum Gasteiger partial charge on any atom is -0.330 e. The molecule has 3 rings (SSSR count). The molecule has 0 aliphatic carbocycles. The van der Waals surface area contributed by atoms with Crippen LogP contribution in [0.3, 0.4) is 0 Å². The van der Waals surface area contributed by atoms with Crippen LogP contribution in [0.15, 0.2) is 30.3 Å². The summed E-state index contributed by atoms with van der Waals surface area (Å²) in [6, 6.07) is 7.26. The monoisotopic (exact) mass is 274 g/mol. The second kappa shape index (κ2) is 3.90. The summed E-state index contributed by atoms with van der Waals surface area (Å²) in [5.74, 6) is 0. The van der Waals surface area contributed by atoms with Crippen LogP contribution in [0.5, 0.6) is 0 Å². The Bertz CT molecular complexity index is 591. The lowest BCUT2D eigenvalue weighted by atomic mass is 10.2. The Kier molecular flexibility index (Phi) is 2.57. The van der Waals surface area contributed by atoms with Crippen molar-refractivity contribution < 1.29 is 13.2 Å². The van der Waals surface area contributed by atoms with Gasteiger partial charge >= 0.3 is 6.18 Å². The predicted molar refractivity (Wildman–Crippen MR) is 63.3 cm³/mol. The van der Waals surface area contributed by atoms with Crippen molar-refractivity contribution in [3.05, 3.63) is 36.0 Å². The van der Waals surface area contributed by atoms with Gasteiger partial charge in [0.25, 0.3) is 0 Å². The first-order valence-electron chi connectivity index (χ1n) is 5.53. The molecule has 2 heterocycles. The fraction of sp³-hybridized carbons (Fsp3) is 0.333. The maximum absolute atomic E-state index is 13.1. The number of hydrogen-bond donors (Lipinski definition) is 0. The molecule has 0 amide bonds. The van der Waals surface area contributed by atoms with Crippen molar-refractivity contribution in [2.45, 2.75) is 18.8 Å². The molecular formula is C12H10ClF3N2. The first kappa shape index (κ1) is 11.9. The molecular weight excluding hydrogens is 265 g/mol. The number of fused-ring (bicyclic) bond motifs is 3. The fourth-order valence-electron chi connectivity index (χ4n) is 2.48. The molecule has 0 bridgehead atoms. The van der Waals surface area contributed by atoms with E-state index >= 15 is 0 Å². The number of hydrogen-bond acceptors (Lipinski definition) is 1. The summed E-state index contributed by atoms with van der Waals surface area (Å²) in [5, 5.41) is 0.814. The van der Waals surface area contributed by atoms with Gasteiger partial charge < -0.3 is 4.57 Å². The van der Waals surface area contributed by atoms with Gasteiger partial charge in [-0.25, -0.2) is 4.42 Å². The van der Waals surface area contributed by atoms with Crippen molar-refractivity contribution in [3.63, 3.8) is 0 Å². The van der Waals surface area contributed by atoms with Gasteiger partial charge in [-0.2, -0.15) is 13.2 Å². The quantitative estimate of drug-likeness (QED) is 0.665. The molecule has 6 heteroatoms. The third-order valence-electron chi connectivity index (χ3n) is 3.22. The van der Waals surface area contributed by atoms with E-state index in [0.717, 1.165) is 5.39 Å². The van der Waals surface area contributed by atoms with Crippen LogP contribution in [0.1, 0.15) is 11.7 Å². The van der Waals surface area contributed by atoms with Crippen LogP contribution in [-0.2, 0) is 6.54 Å². The summed E-state index contributed by atoms with van der Waals surface area (Å²) in [5.41, 5.74) is 1.21. The highest BCUT2D eigenvalue weighted by atomic mass is 35.5. The van der Waals surface area contributed by atoms with Gasteiger partial charge in [0.05, 0.1) is 6.54 Å². The van der Waals surface area contributed by atoms with E-state index in [2.05, 4.69) is 0 Å². The summed E-state index contributed by atoms with van der Waals surface area (Å²) < 4.78 is 41.8. The van der Waals surface area contributed by atoms with E-state index < -0.39 is 12.2 Å². The van der Waals surface area contributed by atoms with Gasteiger partial charge in [0.15, 0.2) is 0 Å². The molecule has 0 N–H and O–H groups in total. The van der Waals surface area contributed by atoms with Crippen LogP contribution in [0, 0.1) is 0 Å². The Balaban J connectivity index is 2.24. The third-order valence-corrected chi connectivity index (χ3v) is 3.48. The maximum Gasteiger partial charge on any atom is 0.410 e. The van der Waals surface area contributed by atoms with Crippen molar-refractivity contribution >= 4 is 22.7 Å². The number of alkyl halides is 3. The van der Waals surface area contributed by atoms with Crippen LogP contribution < -0.4 is 0 Å². The second-order valence-corrected chi connectivity index (χ2v) is 4.90. The number of rotatable bonds is 0. The molecule has 18 heavy (non-hydrogen) atoms. The van der Waals surface area contributed by atoms with Crippen LogP contribution in [0.25, 0.3) is 10.9 Å². The molecule has 1 unspecified atom stereocenters. The van der Waals surface area contributed by atoms with Crippen LogP contribution in [0.4, 0.5) is 13.2 Å². The number of para-hydroxylation sites is 1. The van der Waals surface area contributed by atoms with Crippen LogP contribution >= 0.6 is 11.8 Å². The van der Waals surface area contributed by atoms with Gasteiger partial charge in [-0.3, -0.25) is 0 Å². The fourth-order valence-corrected chi connectivity index (χ4v) is 2.74. The van der Waals surface area contributed by atoms with Gasteiger partial charge in [0, 0.05) is 17.8 Å². The van der Waals surface area contributed by atoms with E-state index in [4.69, 9.17) is 11.8 Å². The van der Waals surface area contributed by atoms with E-state index in [1.165, 1.54) is 8.99 Å². The summed E-state index contributed by atoms with van der Waals surface area (Å²) in [6.45, 7) is 0.0968. The Morgan fingerprint density at radius 2 is 1.94 bits per heavy atom. The molecule has 2 aromatic rings. The highest BCUT2D eigenvalue weighted by molar-refractivity contribution is 6.13. The molecule has 0 saturated heterocycles. The normalized spacial score (nSPS) is 21.2. The number of aromatic nitrogens is 1. The Hall–Kier alpha value is -1.20. The molecule has 0 saturated carbocycles. The van der Waals surface area contributed by atoms with E-state index in [-0.39, 0.29) is 6.54 Å². The van der Waals surface area contributed by atoms with E-state index in [0.29, 0.717) is 17.8 Å². The van der Waals surface area contributed by atoms with Crippen molar-refractivity contribution in [2.75, 3.05) is 6.54 Å². The minimum atomic E-state index is -4.30. The molecule has 0 spiro atoms. The average Bonchev–Trinajstić information content (AvgIpc) is 2.64. The summed E-state index contributed by atoms with van der Waals surface area (Å²) >= 11 is 5.79. The predicted octanol–water partition coefficient (Wildman–Crippen LogP) is 3.71. The second-order valence-electron chi connectivity index (χ2n) is 4.43. The molecule has 1 aliphatic heterocycles. The Morgan fingerprint density at radius 3 is 2.67 bits per heavy atom. The lowest BCUT2D eigenvalue weighted by Crippen LogP contribution is -2.39. The first-order chi connectivity index (χ1) is 8.47. The zero-order chi connectivity index (χ0) is 12.9. The van der Waals surface area contributed by atoms with Crippen molar-refractivity contribution in [3.8, 4) is 0 Å². The molecule has 1 atom stereocenters. The molecule has 96 valence electrons. The van der Waals surface area contributed by atoms with Gasteiger partial charge in [0.2, 0.25) is 0 Å². The molecule has 2 nitrogen and oxygen atoms in total. The lowest BCUT2D eigenvalue weighted by molar-refractivity contribution is -0.172. The summed E-state index contributed by atoms with van der Waals surface area (Å²) in [7, 11) is 0. The van der Waals surface area contributed by atoms with Gasteiger partial charge in [-0.1, -0.05) is 18.2 Å². The Labute approximate surface area is 107 Å². The minimum absolute atomic E-state index is 0.225. The third kappa shape index (κ3) is 1.78. The maximum atomic E-state index is 13.1. The lowest BCUT2D eigenvalue weighted by Gasteiger charge is -2.32. The SMILES string of the molecule is FC(F)(F)C1CN(Cl)Cc2cc3ccccc3n21. The van der Waals surface area contributed by atoms with Gasteiger partial charge in [0.1, 0.15) is 6.04 Å².